The summed E-state index contributed by atoms with van der Waals surface area (Å²) in [5, 5.41) is 8.06. The molecule has 0 saturated carbocycles. The Morgan fingerprint density at radius 1 is 1.33 bits per heavy atom. The molecule has 15 heavy (non-hydrogen) atoms. The van der Waals surface area contributed by atoms with Crippen molar-refractivity contribution in [3.8, 4) is 0 Å². The normalized spacial score (nSPS) is 24.5. The molecule has 1 fully saturated rings. The van der Waals surface area contributed by atoms with Crippen molar-refractivity contribution in [2.24, 2.45) is 0 Å². The first-order valence-corrected chi connectivity index (χ1v) is 8.21. The van der Waals surface area contributed by atoms with Crippen molar-refractivity contribution < 1.29 is 21.9 Å². The van der Waals surface area contributed by atoms with Crippen molar-refractivity contribution >= 4 is 19.9 Å². The van der Waals surface area contributed by atoms with E-state index in [0.717, 1.165) is 10.6 Å². The van der Waals surface area contributed by atoms with E-state index in [1.54, 1.807) is 0 Å². The van der Waals surface area contributed by atoms with E-state index in [1.807, 2.05) is 0 Å². The molecule has 1 aliphatic rings. The van der Waals surface area contributed by atoms with Crippen molar-refractivity contribution in [1.29, 1.82) is 0 Å². The summed E-state index contributed by atoms with van der Waals surface area (Å²) in [6, 6.07) is -0.461. The fourth-order valence-electron chi connectivity index (χ4n) is 1.70. The maximum Gasteiger partial charge on any atom is 0.228 e. The fraction of sp³-hybridized carbons (Fsp3) is 1.00. The van der Waals surface area contributed by atoms with Crippen molar-refractivity contribution in [2.75, 3.05) is 24.5 Å². The van der Waals surface area contributed by atoms with Crippen LogP contribution in [0.1, 0.15) is 12.8 Å². The number of hydrogen-bond acceptors (Lipinski definition) is 5. The average Bonchev–Trinajstić information content (AvgIpc) is 2.46. The second-order valence-corrected chi connectivity index (χ2v) is 8.17. The molecular weight excluding hydrogens is 242 g/mol. The van der Waals surface area contributed by atoms with Crippen LogP contribution in [0.2, 0.25) is 0 Å². The van der Waals surface area contributed by atoms with E-state index in [2.05, 4.69) is 0 Å². The zero-order chi connectivity index (χ0) is 11.7. The van der Waals surface area contributed by atoms with Crippen LogP contribution >= 0.6 is 0 Å². The first kappa shape index (κ1) is 12.9. The lowest BCUT2D eigenvalue weighted by atomic mass is 10.2. The van der Waals surface area contributed by atoms with Crippen LogP contribution in [-0.4, -0.2) is 56.8 Å². The van der Waals surface area contributed by atoms with Gasteiger partial charge in [-0.1, -0.05) is 0 Å². The van der Waals surface area contributed by atoms with Crippen molar-refractivity contribution in [3.05, 3.63) is 0 Å². The van der Waals surface area contributed by atoms with Crippen molar-refractivity contribution in [1.82, 2.24) is 4.31 Å². The third-order valence-corrected chi connectivity index (χ3v) is 6.35. The van der Waals surface area contributed by atoms with E-state index in [0.29, 0.717) is 19.4 Å². The minimum atomic E-state index is -3.79. The van der Waals surface area contributed by atoms with Crippen LogP contribution in [0.3, 0.4) is 0 Å². The Balaban J connectivity index is 2.87. The SMILES string of the molecule is CS(=O)(=O)CS(=O)(=O)N1CCC[C@H]1CO. The summed E-state index contributed by atoms with van der Waals surface area (Å²) in [6.07, 6.45) is 2.13. The molecule has 0 aliphatic carbocycles. The number of sulfonamides is 1. The van der Waals surface area contributed by atoms with Gasteiger partial charge in [0, 0.05) is 18.8 Å². The van der Waals surface area contributed by atoms with Crippen LogP contribution < -0.4 is 0 Å². The van der Waals surface area contributed by atoms with E-state index in [1.165, 1.54) is 0 Å². The van der Waals surface area contributed by atoms with Gasteiger partial charge in [0.2, 0.25) is 10.0 Å². The quantitative estimate of drug-likeness (QED) is 0.681. The number of rotatable bonds is 4. The minimum absolute atomic E-state index is 0.261. The van der Waals surface area contributed by atoms with E-state index in [4.69, 9.17) is 5.11 Å². The lowest BCUT2D eigenvalue weighted by Crippen LogP contribution is -2.40. The largest absolute Gasteiger partial charge is 0.395 e. The number of hydrogen-bond donors (Lipinski definition) is 1. The highest BCUT2D eigenvalue weighted by atomic mass is 32.3. The van der Waals surface area contributed by atoms with E-state index < -0.39 is 31.0 Å². The predicted octanol–water partition coefficient (Wildman–Crippen LogP) is -1.22. The Morgan fingerprint density at radius 2 is 1.93 bits per heavy atom. The van der Waals surface area contributed by atoms with Crippen LogP contribution in [-0.2, 0) is 19.9 Å². The smallest absolute Gasteiger partial charge is 0.228 e. The molecule has 6 nitrogen and oxygen atoms in total. The molecule has 0 unspecified atom stereocenters. The van der Waals surface area contributed by atoms with Gasteiger partial charge in [0.1, 0.15) is 0 Å². The Morgan fingerprint density at radius 3 is 2.40 bits per heavy atom. The summed E-state index contributed by atoms with van der Waals surface area (Å²) in [6.45, 7) is 0.0338. The Bertz CT molecular complexity index is 413. The van der Waals surface area contributed by atoms with Crippen LogP contribution in [0, 0.1) is 0 Å². The number of aliphatic hydroxyl groups excluding tert-OH is 1. The van der Waals surface area contributed by atoms with E-state index in [-0.39, 0.29) is 6.61 Å². The second kappa shape index (κ2) is 4.36. The van der Waals surface area contributed by atoms with Crippen LogP contribution in [0.5, 0.6) is 0 Å². The number of aliphatic hydroxyl groups is 1. The maximum atomic E-state index is 11.7. The summed E-state index contributed by atoms with van der Waals surface area (Å²) in [7, 11) is -7.36. The van der Waals surface area contributed by atoms with Gasteiger partial charge in [-0.2, -0.15) is 4.31 Å². The van der Waals surface area contributed by atoms with Gasteiger partial charge in [0.15, 0.2) is 14.9 Å². The standard InChI is InChI=1S/C7H15NO5S2/c1-14(10,11)6-15(12,13)8-4-2-3-7(8)5-9/h7,9H,2-6H2,1H3/t7-/m0/s1. The molecule has 0 aromatic rings. The first-order valence-electron chi connectivity index (χ1n) is 4.54. The third-order valence-electron chi connectivity index (χ3n) is 2.25. The van der Waals surface area contributed by atoms with Crippen molar-refractivity contribution in [2.45, 2.75) is 18.9 Å². The maximum absolute atomic E-state index is 11.7. The topological polar surface area (TPSA) is 91.8 Å². The van der Waals surface area contributed by atoms with Crippen LogP contribution in [0.4, 0.5) is 0 Å². The molecule has 0 spiro atoms. The molecule has 0 aromatic heterocycles. The summed E-state index contributed by atoms with van der Waals surface area (Å²) < 4.78 is 46.3. The molecule has 1 saturated heterocycles. The third kappa shape index (κ3) is 3.40. The van der Waals surface area contributed by atoms with E-state index >= 15 is 0 Å². The van der Waals surface area contributed by atoms with Gasteiger partial charge >= 0.3 is 0 Å². The molecule has 1 aliphatic heterocycles. The monoisotopic (exact) mass is 257 g/mol. The fourth-order valence-corrected chi connectivity index (χ4v) is 5.44. The van der Waals surface area contributed by atoms with Gasteiger partial charge in [-0.3, -0.25) is 0 Å². The average molecular weight is 257 g/mol. The lowest BCUT2D eigenvalue weighted by molar-refractivity contribution is 0.214. The highest BCUT2D eigenvalue weighted by Crippen LogP contribution is 2.21. The Labute approximate surface area is 89.9 Å². The van der Waals surface area contributed by atoms with Gasteiger partial charge in [-0.05, 0) is 12.8 Å². The molecule has 0 bridgehead atoms. The van der Waals surface area contributed by atoms with Gasteiger partial charge in [-0.25, -0.2) is 16.8 Å². The van der Waals surface area contributed by atoms with Gasteiger partial charge < -0.3 is 5.11 Å². The molecular formula is C7H15NO5S2. The first-order chi connectivity index (χ1) is 6.76. The molecule has 0 radical (unpaired) electrons. The predicted molar refractivity (Wildman–Crippen MR) is 55.4 cm³/mol. The van der Waals surface area contributed by atoms with Gasteiger partial charge in [-0.15, -0.1) is 0 Å². The second-order valence-electron chi connectivity index (χ2n) is 3.74. The molecule has 1 N–H and O–H groups in total. The van der Waals surface area contributed by atoms with Crippen LogP contribution in [0.15, 0.2) is 0 Å². The summed E-state index contributed by atoms with van der Waals surface area (Å²) in [5.41, 5.74) is 0. The van der Waals surface area contributed by atoms with E-state index in [9.17, 15) is 16.8 Å². The molecule has 1 atom stereocenters. The van der Waals surface area contributed by atoms with Crippen molar-refractivity contribution in [3.63, 3.8) is 0 Å². The number of sulfone groups is 1. The molecule has 0 amide bonds. The Hall–Kier alpha value is -0.180. The molecule has 1 rings (SSSR count). The van der Waals surface area contributed by atoms with Gasteiger partial charge in [0.25, 0.3) is 0 Å². The molecule has 8 heteroatoms. The molecule has 1 heterocycles. The minimum Gasteiger partial charge on any atom is -0.395 e. The number of nitrogens with zero attached hydrogens (tertiary/aromatic N) is 1. The summed E-state index contributed by atoms with van der Waals surface area (Å²) in [4.78, 5) is 0. The Kier molecular flexibility index (Phi) is 3.75. The summed E-state index contributed by atoms with van der Waals surface area (Å²) >= 11 is 0. The molecule has 90 valence electrons. The molecule has 0 aromatic carbocycles. The summed E-state index contributed by atoms with van der Waals surface area (Å²) in [5.74, 6) is 0. The lowest BCUT2D eigenvalue weighted by Gasteiger charge is -2.21. The highest BCUT2D eigenvalue weighted by molar-refractivity contribution is 8.06. The zero-order valence-corrected chi connectivity index (χ0v) is 10.1. The van der Waals surface area contributed by atoms with Crippen LogP contribution in [0.25, 0.3) is 0 Å². The highest BCUT2D eigenvalue weighted by Gasteiger charge is 2.35. The van der Waals surface area contributed by atoms with Gasteiger partial charge in [0.05, 0.1) is 6.61 Å². The zero-order valence-electron chi connectivity index (χ0n) is 8.46.